The van der Waals surface area contributed by atoms with Crippen molar-refractivity contribution in [3.63, 3.8) is 0 Å². The maximum atomic E-state index is 11.3. The highest BCUT2D eigenvalue weighted by Gasteiger charge is 2.10. The Hall–Kier alpha value is -1.14. The number of unbranched alkanes of at least 4 members (excludes halogenated alkanes) is 1. The van der Waals surface area contributed by atoms with Crippen LogP contribution in [0, 0.1) is 0 Å². The smallest absolute Gasteiger partial charge is 0.306 e. The van der Waals surface area contributed by atoms with E-state index in [9.17, 15) is 9.59 Å². The largest absolute Gasteiger partial charge is 0.469 e. The summed E-state index contributed by atoms with van der Waals surface area (Å²) in [5.74, 6) is -0.721. The van der Waals surface area contributed by atoms with Gasteiger partial charge in [-0.05, 0) is 19.4 Å². The Labute approximate surface area is 114 Å². The zero-order valence-corrected chi connectivity index (χ0v) is 11.6. The first-order valence-electron chi connectivity index (χ1n) is 6.75. The van der Waals surface area contributed by atoms with Crippen molar-refractivity contribution < 1.29 is 23.8 Å². The molecule has 1 aliphatic rings. The van der Waals surface area contributed by atoms with E-state index in [1.165, 1.54) is 7.11 Å². The monoisotopic (exact) mass is 273 g/mol. The summed E-state index contributed by atoms with van der Waals surface area (Å²) >= 11 is 0. The van der Waals surface area contributed by atoms with Crippen LogP contribution in [0.4, 0.5) is 0 Å². The first-order chi connectivity index (χ1) is 9.22. The molecule has 0 spiro atoms. The fraction of sp³-hybridized carbons (Fsp3) is 0.846. The average molecular weight is 273 g/mol. The minimum Gasteiger partial charge on any atom is -0.469 e. The molecule has 19 heavy (non-hydrogen) atoms. The number of hydrogen-bond donors (Lipinski definition) is 0. The average Bonchev–Trinajstić information content (AvgIpc) is 2.45. The highest BCUT2D eigenvalue weighted by molar-refractivity contribution is 5.77. The van der Waals surface area contributed by atoms with Crippen molar-refractivity contribution >= 4 is 11.9 Å². The van der Waals surface area contributed by atoms with E-state index in [2.05, 4.69) is 9.64 Å². The third-order valence-corrected chi connectivity index (χ3v) is 3.00. The van der Waals surface area contributed by atoms with Gasteiger partial charge in [0.15, 0.2) is 0 Å². The van der Waals surface area contributed by atoms with Crippen molar-refractivity contribution in [3.05, 3.63) is 0 Å². The normalized spacial score (nSPS) is 16.1. The van der Waals surface area contributed by atoms with E-state index in [4.69, 9.17) is 9.47 Å². The Morgan fingerprint density at radius 2 is 1.79 bits per heavy atom. The van der Waals surface area contributed by atoms with Gasteiger partial charge in [-0.15, -0.1) is 0 Å². The molecule has 0 N–H and O–H groups in total. The molecular weight excluding hydrogens is 250 g/mol. The molecule has 6 heteroatoms. The van der Waals surface area contributed by atoms with Crippen LogP contribution in [0.5, 0.6) is 0 Å². The van der Waals surface area contributed by atoms with Crippen molar-refractivity contribution in [1.29, 1.82) is 0 Å². The minimum absolute atomic E-state index is 0.0864. The Bertz CT molecular complexity index is 276. The summed E-state index contributed by atoms with van der Waals surface area (Å²) in [6, 6.07) is 0. The highest BCUT2D eigenvalue weighted by Crippen LogP contribution is 2.01. The lowest BCUT2D eigenvalue weighted by Gasteiger charge is -2.26. The number of ether oxygens (including phenoxy) is 3. The molecule has 0 bridgehead atoms. The summed E-state index contributed by atoms with van der Waals surface area (Å²) in [5, 5.41) is 0. The molecule has 1 aliphatic heterocycles. The van der Waals surface area contributed by atoms with Crippen LogP contribution in [-0.4, -0.2) is 63.4 Å². The van der Waals surface area contributed by atoms with Gasteiger partial charge in [-0.1, -0.05) is 0 Å². The molecule has 110 valence electrons. The fourth-order valence-electron chi connectivity index (χ4n) is 1.83. The van der Waals surface area contributed by atoms with Crippen molar-refractivity contribution in [3.8, 4) is 0 Å². The molecule has 0 aliphatic carbocycles. The van der Waals surface area contributed by atoms with E-state index in [1.54, 1.807) is 0 Å². The SMILES string of the molecule is COC(=O)CCC(=O)OCCCCN1CCOCC1. The summed E-state index contributed by atoms with van der Waals surface area (Å²) in [6.45, 7) is 5.02. The van der Waals surface area contributed by atoms with E-state index < -0.39 is 0 Å². The fourth-order valence-corrected chi connectivity index (χ4v) is 1.83. The van der Waals surface area contributed by atoms with Crippen molar-refractivity contribution in [2.45, 2.75) is 25.7 Å². The molecule has 1 heterocycles. The first-order valence-corrected chi connectivity index (χ1v) is 6.75. The predicted molar refractivity (Wildman–Crippen MR) is 68.7 cm³/mol. The van der Waals surface area contributed by atoms with Crippen LogP contribution >= 0.6 is 0 Å². The van der Waals surface area contributed by atoms with Gasteiger partial charge >= 0.3 is 11.9 Å². The lowest BCUT2D eigenvalue weighted by atomic mass is 10.3. The van der Waals surface area contributed by atoms with E-state index in [-0.39, 0.29) is 24.8 Å². The Balaban J connectivity index is 1.92. The third kappa shape index (κ3) is 7.79. The molecule has 1 saturated heterocycles. The molecule has 0 atom stereocenters. The van der Waals surface area contributed by atoms with Crippen LogP contribution in [0.3, 0.4) is 0 Å². The quantitative estimate of drug-likeness (QED) is 0.476. The molecule has 0 amide bonds. The van der Waals surface area contributed by atoms with Crippen LogP contribution in [0.25, 0.3) is 0 Å². The van der Waals surface area contributed by atoms with Gasteiger partial charge in [0, 0.05) is 13.1 Å². The number of nitrogens with zero attached hydrogens (tertiary/aromatic N) is 1. The van der Waals surface area contributed by atoms with Crippen molar-refractivity contribution in [2.24, 2.45) is 0 Å². The summed E-state index contributed by atoms with van der Waals surface area (Å²) in [7, 11) is 1.30. The Morgan fingerprint density at radius 1 is 1.11 bits per heavy atom. The number of methoxy groups -OCH3 is 1. The number of rotatable bonds is 8. The number of esters is 2. The van der Waals surface area contributed by atoms with Gasteiger partial charge in [-0.3, -0.25) is 14.5 Å². The molecule has 0 saturated carbocycles. The third-order valence-electron chi connectivity index (χ3n) is 3.00. The second-order valence-electron chi connectivity index (χ2n) is 4.46. The first kappa shape index (κ1) is 15.9. The highest BCUT2D eigenvalue weighted by atomic mass is 16.5. The van der Waals surface area contributed by atoms with Crippen LogP contribution < -0.4 is 0 Å². The number of morpholine rings is 1. The maximum Gasteiger partial charge on any atom is 0.306 e. The van der Waals surface area contributed by atoms with Gasteiger partial charge < -0.3 is 14.2 Å². The van der Waals surface area contributed by atoms with Gasteiger partial charge in [0.05, 0.1) is 39.8 Å². The van der Waals surface area contributed by atoms with Crippen LogP contribution in [0.15, 0.2) is 0 Å². The lowest BCUT2D eigenvalue weighted by molar-refractivity contribution is -0.149. The van der Waals surface area contributed by atoms with Crippen molar-refractivity contribution in [2.75, 3.05) is 46.6 Å². The molecule has 0 aromatic heterocycles. The van der Waals surface area contributed by atoms with Crippen molar-refractivity contribution in [1.82, 2.24) is 4.90 Å². The zero-order chi connectivity index (χ0) is 13.9. The van der Waals surface area contributed by atoms with Crippen LogP contribution in [0.1, 0.15) is 25.7 Å². The van der Waals surface area contributed by atoms with E-state index in [0.717, 1.165) is 45.7 Å². The number of hydrogen-bond acceptors (Lipinski definition) is 6. The number of carbonyl (C=O) groups is 2. The Morgan fingerprint density at radius 3 is 2.47 bits per heavy atom. The second-order valence-corrected chi connectivity index (χ2v) is 4.46. The maximum absolute atomic E-state index is 11.3. The van der Waals surface area contributed by atoms with E-state index >= 15 is 0 Å². The van der Waals surface area contributed by atoms with Gasteiger partial charge in [0.25, 0.3) is 0 Å². The number of carbonyl (C=O) groups excluding carboxylic acids is 2. The minimum atomic E-state index is -0.385. The molecule has 0 aromatic carbocycles. The molecule has 1 fully saturated rings. The van der Waals surface area contributed by atoms with Crippen LogP contribution in [-0.2, 0) is 23.8 Å². The van der Waals surface area contributed by atoms with Gasteiger partial charge in [0.1, 0.15) is 0 Å². The second kappa shape index (κ2) is 9.75. The molecule has 1 rings (SSSR count). The summed E-state index contributed by atoms with van der Waals surface area (Å²) in [5.41, 5.74) is 0. The van der Waals surface area contributed by atoms with E-state index in [1.807, 2.05) is 0 Å². The molecule has 0 unspecified atom stereocenters. The topological polar surface area (TPSA) is 65.1 Å². The van der Waals surface area contributed by atoms with Gasteiger partial charge in [-0.25, -0.2) is 0 Å². The summed E-state index contributed by atoms with van der Waals surface area (Å²) in [4.78, 5) is 24.4. The molecule has 6 nitrogen and oxygen atoms in total. The van der Waals surface area contributed by atoms with E-state index in [0.29, 0.717) is 6.61 Å². The van der Waals surface area contributed by atoms with Crippen LogP contribution in [0.2, 0.25) is 0 Å². The molecule has 0 aromatic rings. The molecular formula is C13H23NO5. The molecule has 0 radical (unpaired) electrons. The summed E-state index contributed by atoms with van der Waals surface area (Å²) in [6.07, 6.45) is 2.03. The lowest BCUT2D eigenvalue weighted by Crippen LogP contribution is -2.36. The van der Waals surface area contributed by atoms with Gasteiger partial charge in [-0.2, -0.15) is 0 Å². The predicted octanol–water partition coefficient (Wildman–Crippen LogP) is 0.595. The van der Waals surface area contributed by atoms with Gasteiger partial charge in [0.2, 0.25) is 0 Å². The zero-order valence-electron chi connectivity index (χ0n) is 11.6. The standard InChI is InChI=1S/C13H23NO5/c1-17-12(15)4-5-13(16)19-9-3-2-6-14-7-10-18-11-8-14/h2-11H2,1H3. The summed E-state index contributed by atoms with van der Waals surface area (Å²) < 4.78 is 14.8. The Kier molecular flexibility index (Phi) is 8.16.